The molecule has 3 saturated heterocycles. The highest BCUT2D eigenvalue weighted by molar-refractivity contribution is 5.74. The minimum atomic E-state index is -0.168. The zero-order valence-corrected chi connectivity index (χ0v) is 22.8. The van der Waals surface area contributed by atoms with Crippen molar-refractivity contribution in [3.8, 4) is 28.8 Å². The Bertz CT molecular complexity index is 1410. The van der Waals surface area contributed by atoms with E-state index < -0.39 is 0 Å². The van der Waals surface area contributed by atoms with Crippen molar-refractivity contribution in [3.05, 3.63) is 48.4 Å². The summed E-state index contributed by atoms with van der Waals surface area (Å²) in [5.74, 6) is 8.41. The summed E-state index contributed by atoms with van der Waals surface area (Å²) in [7, 11) is 0. The van der Waals surface area contributed by atoms with Crippen LogP contribution in [0.3, 0.4) is 0 Å². The number of fused-ring (bicyclic) bond motifs is 2. The molecule has 3 unspecified atom stereocenters. The molecule has 208 valence electrons. The highest BCUT2D eigenvalue weighted by atomic mass is 16.3. The number of phenols is 1. The van der Waals surface area contributed by atoms with E-state index in [0.717, 1.165) is 63.2 Å². The average molecular weight is 541 g/mol. The number of rotatable bonds is 4. The van der Waals surface area contributed by atoms with Gasteiger partial charge in [-0.2, -0.15) is 0 Å². The van der Waals surface area contributed by atoms with Gasteiger partial charge in [0.2, 0.25) is 5.82 Å². The number of nitrogens with zero attached hydrogens (tertiary/aromatic N) is 7. The molecule has 40 heavy (non-hydrogen) atoms. The van der Waals surface area contributed by atoms with E-state index in [9.17, 15) is 10.2 Å². The molecule has 0 saturated carbocycles. The Balaban J connectivity index is 1.15. The molecule has 3 aliphatic heterocycles. The number of para-hydroxylation sites is 1. The number of nitrogen functional groups attached to an aromatic ring is 1. The Kier molecular flexibility index (Phi) is 7.41. The molecule has 0 amide bonds. The molecular weight excluding hydrogens is 504 g/mol. The topological polar surface area (TPSA) is 128 Å². The van der Waals surface area contributed by atoms with Crippen LogP contribution in [0.1, 0.15) is 44.9 Å². The fourth-order valence-corrected chi connectivity index (χ4v) is 6.39. The molecule has 0 aliphatic carbocycles. The van der Waals surface area contributed by atoms with Crippen LogP contribution in [0.15, 0.2) is 42.6 Å². The van der Waals surface area contributed by atoms with E-state index in [1.54, 1.807) is 18.3 Å². The summed E-state index contributed by atoms with van der Waals surface area (Å²) in [6, 6.07) is 12.1. The Morgan fingerprint density at radius 2 is 1.82 bits per heavy atom. The van der Waals surface area contributed by atoms with Crippen LogP contribution in [-0.2, 0) is 0 Å². The fraction of sp³-hybridized carbons (Fsp3) is 0.467. The van der Waals surface area contributed by atoms with Crippen LogP contribution in [0.5, 0.6) is 5.75 Å². The van der Waals surface area contributed by atoms with Gasteiger partial charge < -0.3 is 25.7 Å². The molecule has 4 N–H and O–H groups in total. The largest absolute Gasteiger partial charge is 0.507 e. The second-order valence-corrected chi connectivity index (χ2v) is 11.1. The summed E-state index contributed by atoms with van der Waals surface area (Å²) in [6.07, 6.45) is 6.52. The number of benzene rings is 1. The van der Waals surface area contributed by atoms with Gasteiger partial charge in [0.05, 0.1) is 24.0 Å². The quantitative estimate of drug-likeness (QED) is 0.425. The number of hydrogen-bond donors (Lipinski definition) is 3. The van der Waals surface area contributed by atoms with Gasteiger partial charge in [-0.05, 0) is 69.2 Å². The summed E-state index contributed by atoms with van der Waals surface area (Å²) in [6.45, 7) is 5.18. The number of aliphatic hydroxyl groups excluding tert-OH is 1. The van der Waals surface area contributed by atoms with Gasteiger partial charge in [0.15, 0.2) is 5.82 Å². The molecule has 3 aromatic rings. The van der Waals surface area contributed by atoms with E-state index in [1.165, 1.54) is 0 Å². The van der Waals surface area contributed by atoms with E-state index in [0.29, 0.717) is 41.5 Å². The number of aromatic hydroxyl groups is 1. The molecule has 5 heterocycles. The lowest BCUT2D eigenvalue weighted by Gasteiger charge is -2.35. The van der Waals surface area contributed by atoms with Crippen LogP contribution < -0.4 is 15.5 Å². The Labute approximate surface area is 234 Å². The first kappa shape index (κ1) is 26.3. The van der Waals surface area contributed by atoms with Crippen LogP contribution in [-0.4, -0.2) is 85.7 Å². The van der Waals surface area contributed by atoms with E-state index in [-0.39, 0.29) is 17.9 Å². The Morgan fingerprint density at radius 3 is 2.62 bits per heavy atom. The fourth-order valence-electron chi connectivity index (χ4n) is 6.39. The maximum Gasteiger partial charge on any atom is 0.206 e. The van der Waals surface area contributed by atoms with Gasteiger partial charge in [-0.25, -0.2) is 9.97 Å². The summed E-state index contributed by atoms with van der Waals surface area (Å²) in [5.41, 5.74) is 8.30. The van der Waals surface area contributed by atoms with Crippen molar-refractivity contribution in [1.29, 1.82) is 0 Å². The predicted molar refractivity (Wildman–Crippen MR) is 155 cm³/mol. The van der Waals surface area contributed by atoms with Gasteiger partial charge in [-0.3, -0.25) is 4.90 Å². The van der Waals surface area contributed by atoms with Crippen LogP contribution >= 0.6 is 0 Å². The number of phenolic OH excluding ortho intramolecular Hbond substituents is 1. The molecular formula is C30H36N8O2. The van der Waals surface area contributed by atoms with Crippen molar-refractivity contribution in [2.75, 3.05) is 41.7 Å². The number of anilines is 3. The first-order chi connectivity index (χ1) is 19.5. The summed E-state index contributed by atoms with van der Waals surface area (Å²) >= 11 is 0. The predicted octanol–water partition coefficient (Wildman–Crippen LogP) is 2.67. The summed E-state index contributed by atoms with van der Waals surface area (Å²) in [4.78, 5) is 16.2. The highest BCUT2D eigenvalue weighted by Crippen LogP contribution is 2.35. The third-order valence-electron chi connectivity index (χ3n) is 8.54. The standard InChI is InChI=1S/C30H36N8O2/c1-20-11-14-36(26-19-25(34-35-30(26)31)24-5-2-3-6-27(24)40)15-16-37(20)29-10-12-32-28(33-29)7-4-13-38-21-8-9-22(38)18-23(39)17-21/h2-3,5-6,10,12,19-23,39-40H,8-9,11,13-18H2,1H3,(H2,31,35). The van der Waals surface area contributed by atoms with Gasteiger partial charge in [0.1, 0.15) is 11.6 Å². The number of piperidine rings is 1. The zero-order chi connectivity index (χ0) is 27.6. The molecule has 6 rings (SSSR count). The normalized spacial score (nSPS) is 24.9. The molecule has 10 nitrogen and oxygen atoms in total. The lowest BCUT2D eigenvalue weighted by atomic mass is 10.0. The molecule has 3 atom stereocenters. The van der Waals surface area contributed by atoms with E-state index >= 15 is 0 Å². The van der Waals surface area contributed by atoms with Gasteiger partial charge in [-0.15, -0.1) is 10.2 Å². The Morgan fingerprint density at radius 1 is 1.02 bits per heavy atom. The maximum absolute atomic E-state index is 10.3. The molecule has 0 spiro atoms. The number of aromatic nitrogens is 4. The zero-order valence-electron chi connectivity index (χ0n) is 22.8. The average Bonchev–Trinajstić information content (AvgIpc) is 3.09. The van der Waals surface area contributed by atoms with Gasteiger partial charge in [0, 0.05) is 49.5 Å². The third-order valence-corrected chi connectivity index (χ3v) is 8.54. The lowest BCUT2D eigenvalue weighted by Crippen LogP contribution is -2.44. The van der Waals surface area contributed by atoms with Crippen molar-refractivity contribution in [3.63, 3.8) is 0 Å². The first-order valence-corrected chi connectivity index (χ1v) is 14.1. The second kappa shape index (κ2) is 11.3. The smallest absolute Gasteiger partial charge is 0.206 e. The molecule has 3 aliphatic rings. The first-order valence-electron chi connectivity index (χ1n) is 14.1. The van der Waals surface area contributed by atoms with E-state index in [2.05, 4.69) is 48.6 Å². The van der Waals surface area contributed by atoms with Crippen LogP contribution in [0, 0.1) is 11.8 Å². The van der Waals surface area contributed by atoms with E-state index in [4.69, 9.17) is 10.7 Å². The Hall–Kier alpha value is -3.94. The number of aliphatic hydroxyl groups is 1. The molecule has 10 heteroatoms. The maximum atomic E-state index is 10.3. The molecule has 1 aromatic carbocycles. The van der Waals surface area contributed by atoms with Crippen molar-refractivity contribution >= 4 is 17.3 Å². The van der Waals surface area contributed by atoms with Crippen LogP contribution in [0.4, 0.5) is 17.3 Å². The van der Waals surface area contributed by atoms with Crippen molar-refractivity contribution in [1.82, 2.24) is 25.1 Å². The van der Waals surface area contributed by atoms with Gasteiger partial charge in [-0.1, -0.05) is 18.1 Å². The SMILES string of the molecule is CC1CCN(c2cc(-c3ccccc3O)nnc2N)CCN1c1ccnc(C#CCN2C3CCC2CC(O)C3)n1. The summed E-state index contributed by atoms with van der Waals surface area (Å²) in [5, 5.41) is 28.8. The minimum absolute atomic E-state index is 0.160. The highest BCUT2D eigenvalue weighted by Gasteiger charge is 2.39. The van der Waals surface area contributed by atoms with Crippen molar-refractivity contribution in [2.45, 2.75) is 63.3 Å². The lowest BCUT2D eigenvalue weighted by molar-refractivity contribution is 0.0432. The molecule has 0 radical (unpaired) electrons. The van der Waals surface area contributed by atoms with Gasteiger partial charge >= 0.3 is 0 Å². The van der Waals surface area contributed by atoms with Crippen molar-refractivity contribution in [2.24, 2.45) is 0 Å². The third kappa shape index (κ3) is 5.40. The monoisotopic (exact) mass is 540 g/mol. The molecule has 2 bridgehead atoms. The number of hydrogen-bond acceptors (Lipinski definition) is 10. The minimum Gasteiger partial charge on any atom is -0.507 e. The van der Waals surface area contributed by atoms with Crippen LogP contribution in [0.25, 0.3) is 11.3 Å². The van der Waals surface area contributed by atoms with Gasteiger partial charge in [0.25, 0.3) is 0 Å². The summed E-state index contributed by atoms with van der Waals surface area (Å²) < 4.78 is 0. The molecule has 3 fully saturated rings. The number of nitrogens with two attached hydrogens (primary N) is 1. The van der Waals surface area contributed by atoms with Crippen molar-refractivity contribution < 1.29 is 10.2 Å². The van der Waals surface area contributed by atoms with E-state index in [1.807, 2.05) is 24.3 Å². The second-order valence-electron chi connectivity index (χ2n) is 11.1. The molecule has 2 aromatic heterocycles. The van der Waals surface area contributed by atoms with Crippen LogP contribution in [0.2, 0.25) is 0 Å².